The van der Waals surface area contributed by atoms with Crippen LogP contribution in [0.4, 0.5) is 5.82 Å². The molecule has 0 spiro atoms. The third-order valence-electron chi connectivity index (χ3n) is 1.21. The highest BCUT2D eigenvalue weighted by Crippen LogP contribution is 2.19. The summed E-state index contributed by atoms with van der Waals surface area (Å²) in [4.78, 5) is 4.14. The Kier molecular flexibility index (Phi) is 2.27. The lowest BCUT2D eigenvalue weighted by atomic mass is 10.3. The first-order chi connectivity index (χ1) is 4.74. The minimum atomic E-state index is 0.880. The molecule has 0 fully saturated rings. The van der Waals surface area contributed by atoms with E-state index in [1.165, 1.54) is 0 Å². The number of anilines is 1. The zero-order valence-corrected chi connectivity index (χ0v) is 7.57. The fourth-order valence-electron chi connectivity index (χ4n) is 0.718. The maximum Gasteiger partial charge on any atom is 0.140 e. The quantitative estimate of drug-likeness (QED) is 0.753. The standard InChI is InChI=1S/C7H9BrN2/c1-5-3-6(8)7(9-2)10-4-5/h3-4H,1-2H3,(H,9,10). The average molecular weight is 201 g/mol. The zero-order chi connectivity index (χ0) is 7.56. The Labute approximate surface area is 68.8 Å². The van der Waals surface area contributed by atoms with E-state index in [-0.39, 0.29) is 0 Å². The summed E-state index contributed by atoms with van der Waals surface area (Å²) in [7, 11) is 1.85. The Morgan fingerprint density at radius 2 is 2.30 bits per heavy atom. The van der Waals surface area contributed by atoms with Crippen molar-refractivity contribution >= 4 is 21.7 Å². The minimum absolute atomic E-state index is 0.880. The fourth-order valence-corrected chi connectivity index (χ4v) is 1.38. The van der Waals surface area contributed by atoms with Crippen LogP contribution in [0, 0.1) is 6.92 Å². The summed E-state index contributed by atoms with van der Waals surface area (Å²) in [6.45, 7) is 2.01. The van der Waals surface area contributed by atoms with E-state index in [4.69, 9.17) is 0 Å². The summed E-state index contributed by atoms with van der Waals surface area (Å²) in [6, 6.07) is 2.03. The molecule has 10 heavy (non-hydrogen) atoms. The number of rotatable bonds is 1. The van der Waals surface area contributed by atoms with E-state index in [1.807, 2.05) is 26.2 Å². The second-order valence-electron chi connectivity index (χ2n) is 2.09. The Bertz CT molecular complexity index is 235. The van der Waals surface area contributed by atoms with E-state index in [1.54, 1.807) is 0 Å². The van der Waals surface area contributed by atoms with E-state index in [0.717, 1.165) is 15.9 Å². The van der Waals surface area contributed by atoms with E-state index < -0.39 is 0 Å². The molecule has 0 aliphatic carbocycles. The highest BCUT2D eigenvalue weighted by atomic mass is 79.9. The molecule has 0 saturated heterocycles. The lowest BCUT2D eigenvalue weighted by Crippen LogP contribution is -1.92. The molecule has 1 aromatic rings. The summed E-state index contributed by atoms with van der Waals surface area (Å²) in [5.74, 6) is 0.880. The van der Waals surface area contributed by atoms with Crippen molar-refractivity contribution in [1.82, 2.24) is 4.98 Å². The Morgan fingerprint density at radius 1 is 1.60 bits per heavy atom. The van der Waals surface area contributed by atoms with Gasteiger partial charge in [-0.15, -0.1) is 0 Å². The molecule has 0 radical (unpaired) electrons. The highest BCUT2D eigenvalue weighted by Gasteiger charge is 1.96. The molecule has 0 saturated carbocycles. The second kappa shape index (κ2) is 3.01. The molecule has 1 N–H and O–H groups in total. The third-order valence-corrected chi connectivity index (χ3v) is 1.82. The molecule has 54 valence electrons. The van der Waals surface area contributed by atoms with Crippen molar-refractivity contribution < 1.29 is 0 Å². The molecule has 1 heterocycles. The third kappa shape index (κ3) is 1.48. The second-order valence-corrected chi connectivity index (χ2v) is 2.95. The van der Waals surface area contributed by atoms with Crippen molar-refractivity contribution in [2.75, 3.05) is 12.4 Å². The summed E-state index contributed by atoms with van der Waals surface area (Å²) in [5.41, 5.74) is 1.16. The van der Waals surface area contributed by atoms with Crippen LogP contribution in [0.2, 0.25) is 0 Å². The first kappa shape index (κ1) is 7.54. The highest BCUT2D eigenvalue weighted by molar-refractivity contribution is 9.10. The molecule has 2 nitrogen and oxygen atoms in total. The van der Waals surface area contributed by atoms with E-state index in [0.29, 0.717) is 0 Å². The van der Waals surface area contributed by atoms with Gasteiger partial charge in [-0.2, -0.15) is 0 Å². The summed E-state index contributed by atoms with van der Waals surface area (Å²) in [6.07, 6.45) is 1.83. The molecular formula is C7H9BrN2. The predicted octanol–water partition coefficient (Wildman–Crippen LogP) is 2.19. The van der Waals surface area contributed by atoms with Crippen LogP contribution in [0.5, 0.6) is 0 Å². The number of halogens is 1. The van der Waals surface area contributed by atoms with Gasteiger partial charge in [-0.25, -0.2) is 4.98 Å². The Balaban J connectivity index is 3.07. The first-order valence-corrected chi connectivity index (χ1v) is 3.83. The molecule has 0 amide bonds. The van der Waals surface area contributed by atoms with Gasteiger partial charge in [0.2, 0.25) is 0 Å². The van der Waals surface area contributed by atoms with Crippen LogP contribution in [0.25, 0.3) is 0 Å². The zero-order valence-electron chi connectivity index (χ0n) is 5.98. The van der Waals surface area contributed by atoms with Crippen LogP contribution in [-0.2, 0) is 0 Å². The van der Waals surface area contributed by atoms with Gasteiger partial charge in [-0.1, -0.05) is 0 Å². The smallest absolute Gasteiger partial charge is 0.140 e. The van der Waals surface area contributed by atoms with Gasteiger partial charge in [0.05, 0.1) is 4.47 Å². The van der Waals surface area contributed by atoms with E-state index >= 15 is 0 Å². The number of nitrogens with one attached hydrogen (secondary N) is 1. The van der Waals surface area contributed by atoms with Crippen LogP contribution in [0.1, 0.15) is 5.56 Å². The summed E-state index contributed by atoms with van der Waals surface area (Å²) >= 11 is 3.38. The topological polar surface area (TPSA) is 24.9 Å². The predicted molar refractivity (Wildman–Crippen MR) is 46.2 cm³/mol. The van der Waals surface area contributed by atoms with E-state index in [9.17, 15) is 0 Å². The van der Waals surface area contributed by atoms with Gasteiger partial charge in [-0.05, 0) is 34.5 Å². The fraction of sp³-hybridized carbons (Fsp3) is 0.286. The van der Waals surface area contributed by atoms with Gasteiger partial charge in [0.25, 0.3) is 0 Å². The maximum atomic E-state index is 4.14. The van der Waals surface area contributed by atoms with Crippen LogP contribution < -0.4 is 5.32 Å². The van der Waals surface area contributed by atoms with Crippen LogP contribution in [0.3, 0.4) is 0 Å². The molecule has 0 aliphatic heterocycles. The number of aromatic nitrogens is 1. The van der Waals surface area contributed by atoms with Crippen molar-refractivity contribution in [2.24, 2.45) is 0 Å². The molecule has 0 aliphatic rings. The molecule has 1 aromatic heterocycles. The van der Waals surface area contributed by atoms with Crippen LogP contribution in [0.15, 0.2) is 16.7 Å². The van der Waals surface area contributed by atoms with Gasteiger partial charge in [-0.3, -0.25) is 0 Å². The average Bonchev–Trinajstić information content (AvgIpc) is 1.88. The van der Waals surface area contributed by atoms with Crippen molar-refractivity contribution in [1.29, 1.82) is 0 Å². The molecule has 3 heteroatoms. The van der Waals surface area contributed by atoms with Gasteiger partial charge < -0.3 is 5.32 Å². The number of nitrogens with zero attached hydrogens (tertiary/aromatic N) is 1. The largest absolute Gasteiger partial charge is 0.372 e. The molecule has 0 atom stereocenters. The lowest BCUT2D eigenvalue weighted by Gasteiger charge is -2.01. The first-order valence-electron chi connectivity index (χ1n) is 3.04. The summed E-state index contributed by atoms with van der Waals surface area (Å²) in [5, 5.41) is 2.96. The molecule has 1 rings (SSSR count). The molecule has 0 bridgehead atoms. The summed E-state index contributed by atoms with van der Waals surface area (Å²) < 4.78 is 1.01. The SMILES string of the molecule is CNc1ncc(C)cc1Br. The van der Waals surface area contributed by atoms with Crippen molar-refractivity contribution in [3.8, 4) is 0 Å². The van der Waals surface area contributed by atoms with Crippen molar-refractivity contribution in [3.05, 3.63) is 22.3 Å². The van der Waals surface area contributed by atoms with Gasteiger partial charge >= 0.3 is 0 Å². The monoisotopic (exact) mass is 200 g/mol. The lowest BCUT2D eigenvalue weighted by molar-refractivity contribution is 1.23. The van der Waals surface area contributed by atoms with E-state index in [2.05, 4.69) is 26.2 Å². The Morgan fingerprint density at radius 3 is 2.80 bits per heavy atom. The van der Waals surface area contributed by atoms with Gasteiger partial charge in [0.1, 0.15) is 5.82 Å². The number of pyridine rings is 1. The molecule has 0 unspecified atom stereocenters. The van der Waals surface area contributed by atoms with Gasteiger partial charge in [0.15, 0.2) is 0 Å². The molecule has 0 aromatic carbocycles. The minimum Gasteiger partial charge on any atom is -0.372 e. The van der Waals surface area contributed by atoms with Crippen molar-refractivity contribution in [2.45, 2.75) is 6.92 Å². The van der Waals surface area contributed by atoms with Crippen molar-refractivity contribution in [3.63, 3.8) is 0 Å². The maximum absolute atomic E-state index is 4.14. The van der Waals surface area contributed by atoms with Crippen LogP contribution >= 0.6 is 15.9 Å². The van der Waals surface area contributed by atoms with Gasteiger partial charge in [0, 0.05) is 13.2 Å². The van der Waals surface area contributed by atoms with Crippen LogP contribution in [-0.4, -0.2) is 12.0 Å². The molecular weight excluding hydrogens is 192 g/mol. The number of hydrogen-bond donors (Lipinski definition) is 1. The Hall–Kier alpha value is -0.570. The number of hydrogen-bond acceptors (Lipinski definition) is 2. The normalized spacial score (nSPS) is 9.50. The number of aryl methyl sites for hydroxylation is 1.